The fourth-order valence-corrected chi connectivity index (χ4v) is 2.26. The second-order valence-electron chi connectivity index (χ2n) is 3.97. The highest BCUT2D eigenvalue weighted by molar-refractivity contribution is 6.33. The second-order valence-corrected chi connectivity index (χ2v) is 4.71. The third kappa shape index (κ3) is 3.08. The SMILES string of the molecule is COc1ccc(CNc2cccnc2Cl)c(Cl)c1OC. The molecular formula is C14H14Cl2N2O2. The molecule has 0 aliphatic carbocycles. The van der Waals surface area contributed by atoms with Crippen LogP contribution in [0, 0.1) is 0 Å². The van der Waals surface area contributed by atoms with Gasteiger partial charge in [0.25, 0.3) is 0 Å². The third-order valence-electron chi connectivity index (χ3n) is 2.79. The summed E-state index contributed by atoms with van der Waals surface area (Å²) in [5, 5.41) is 4.12. The van der Waals surface area contributed by atoms with Gasteiger partial charge in [-0.2, -0.15) is 0 Å². The molecule has 4 nitrogen and oxygen atoms in total. The quantitative estimate of drug-likeness (QED) is 0.847. The van der Waals surface area contributed by atoms with E-state index in [-0.39, 0.29) is 0 Å². The standard InChI is InChI=1S/C14H14Cl2N2O2/c1-19-11-6-5-9(12(15)13(11)20-2)8-18-10-4-3-7-17-14(10)16/h3-7,18H,8H2,1-2H3. The van der Waals surface area contributed by atoms with Gasteiger partial charge >= 0.3 is 0 Å². The highest BCUT2D eigenvalue weighted by Gasteiger charge is 2.13. The molecule has 0 saturated carbocycles. The van der Waals surface area contributed by atoms with Crippen LogP contribution in [0.1, 0.15) is 5.56 Å². The highest BCUT2D eigenvalue weighted by Crippen LogP contribution is 2.37. The Hall–Kier alpha value is -1.65. The Labute approximate surface area is 127 Å². The maximum Gasteiger partial charge on any atom is 0.179 e. The molecule has 1 aromatic heterocycles. The molecule has 20 heavy (non-hydrogen) atoms. The maximum atomic E-state index is 6.31. The average Bonchev–Trinajstić information content (AvgIpc) is 2.47. The first kappa shape index (κ1) is 14.8. The summed E-state index contributed by atoms with van der Waals surface area (Å²) in [5.74, 6) is 1.12. The zero-order chi connectivity index (χ0) is 14.5. The van der Waals surface area contributed by atoms with Gasteiger partial charge in [-0.15, -0.1) is 0 Å². The Morgan fingerprint density at radius 1 is 1.15 bits per heavy atom. The van der Waals surface area contributed by atoms with E-state index in [1.54, 1.807) is 20.4 Å². The second kappa shape index (κ2) is 6.68. The molecule has 0 amide bonds. The lowest BCUT2D eigenvalue weighted by Crippen LogP contribution is -2.02. The van der Waals surface area contributed by atoms with Gasteiger partial charge in [0.15, 0.2) is 16.7 Å². The zero-order valence-corrected chi connectivity index (χ0v) is 12.6. The number of ether oxygens (including phenoxy) is 2. The summed E-state index contributed by atoms with van der Waals surface area (Å²) in [4.78, 5) is 4.00. The monoisotopic (exact) mass is 312 g/mol. The lowest BCUT2D eigenvalue weighted by Gasteiger charge is -2.14. The van der Waals surface area contributed by atoms with Gasteiger partial charge in [0.2, 0.25) is 0 Å². The van der Waals surface area contributed by atoms with Crippen LogP contribution in [0.15, 0.2) is 30.5 Å². The van der Waals surface area contributed by atoms with E-state index in [9.17, 15) is 0 Å². The zero-order valence-electron chi connectivity index (χ0n) is 11.1. The average molecular weight is 313 g/mol. The van der Waals surface area contributed by atoms with Crippen LogP contribution in [0.5, 0.6) is 11.5 Å². The minimum absolute atomic E-state index is 0.420. The molecule has 0 fully saturated rings. The molecule has 0 radical (unpaired) electrons. The molecule has 106 valence electrons. The number of rotatable bonds is 5. The van der Waals surface area contributed by atoms with Crippen LogP contribution < -0.4 is 14.8 Å². The molecule has 1 heterocycles. The van der Waals surface area contributed by atoms with Gasteiger partial charge in [-0.25, -0.2) is 4.98 Å². The van der Waals surface area contributed by atoms with Crippen molar-refractivity contribution in [2.45, 2.75) is 6.54 Å². The van der Waals surface area contributed by atoms with Gasteiger partial charge < -0.3 is 14.8 Å². The molecule has 2 aromatic rings. The number of methoxy groups -OCH3 is 2. The molecule has 0 bridgehead atoms. The minimum atomic E-state index is 0.420. The number of benzene rings is 1. The van der Waals surface area contributed by atoms with Crippen molar-refractivity contribution in [3.8, 4) is 11.5 Å². The first-order chi connectivity index (χ1) is 9.67. The number of nitrogens with one attached hydrogen (secondary N) is 1. The predicted octanol–water partition coefficient (Wildman–Crippen LogP) is 4.02. The van der Waals surface area contributed by atoms with Crippen molar-refractivity contribution in [1.29, 1.82) is 0 Å². The Morgan fingerprint density at radius 2 is 1.95 bits per heavy atom. The van der Waals surface area contributed by atoms with Crippen LogP contribution >= 0.6 is 23.2 Å². The first-order valence-electron chi connectivity index (χ1n) is 5.91. The van der Waals surface area contributed by atoms with Gasteiger partial charge in [-0.1, -0.05) is 29.3 Å². The van der Waals surface area contributed by atoms with Crippen molar-refractivity contribution in [3.05, 3.63) is 46.2 Å². The normalized spacial score (nSPS) is 10.2. The minimum Gasteiger partial charge on any atom is -0.493 e. The van der Waals surface area contributed by atoms with Crippen molar-refractivity contribution in [1.82, 2.24) is 4.98 Å². The molecule has 0 spiro atoms. The van der Waals surface area contributed by atoms with Crippen molar-refractivity contribution in [3.63, 3.8) is 0 Å². The molecule has 0 aliphatic heterocycles. The number of hydrogen-bond donors (Lipinski definition) is 1. The van der Waals surface area contributed by atoms with E-state index in [0.29, 0.717) is 28.2 Å². The van der Waals surface area contributed by atoms with Gasteiger partial charge in [-0.3, -0.25) is 0 Å². The molecule has 0 unspecified atom stereocenters. The van der Waals surface area contributed by atoms with E-state index >= 15 is 0 Å². The smallest absolute Gasteiger partial charge is 0.179 e. The van der Waals surface area contributed by atoms with Crippen molar-refractivity contribution in [2.24, 2.45) is 0 Å². The summed E-state index contributed by atoms with van der Waals surface area (Å²) in [7, 11) is 3.13. The molecule has 1 N–H and O–H groups in total. The number of pyridine rings is 1. The summed E-state index contributed by atoms with van der Waals surface area (Å²) in [5.41, 5.74) is 1.63. The molecule has 2 rings (SSSR count). The van der Waals surface area contributed by atoms with Gasteiger partial charge in [0, 0.05) is 12.7 Å². The number of hydrogen-bond acceptors (Lipinski definition) is 4. The summed E-state index contributed by atoms with van der Waals surface area (Å²) >= 11 is 12.3. The highest BCUT2D eigenvalue weighted by atomic mass is 35.5. The molecule has 6 heteroatoms. The van der Waals surface area contributed by atoms with E-state index in [1.165, 1.54) is 0 Å². The molecule has 0 saturated heterocycles. The maximum absolute atomic E-state index is 6.31. The van der Waals surface area contributed by atoms with Crippen molar-refractivity contribution < 1.29 is 9.47 Å². The van der Waals surface area contributed by atoms with Crippen LogP contribution in [0.3, 0.4) is 0 Å². The van der Waals surface area contributed by atoms with Crippen LogP contribution in [-0.4, -0.2) is 19.2 Å². The number of nitrogens with zero attached hydrogens (tertiary/aromatic N) is 1. The van der Waals surface area contributed by atoms with Crippen molar-refractivity contribution in [2.75, 3.05) is 19.5 Å². The number of halogens is 2. The topological polar surface area (TPSA) is 43.4 Å². The Balaban J connectivity index is 2.20. The summed E-state index contributed by atoms with van der Waals surface area (Å²) in [6, 6.07) is 7.35. The fraction of sp³-hybridized carbons (Fsp3) is 0.214. The van der Waals surface area contributed by atoms with Gasteiger partial charge in [0.05, 0.1) is 24.9 Å². The fourth-order valence-electron chi connectivity index (χ4n) is 1.77. The molecule has 1 aromatic carbocycles. The Morgan fingerprint density at radius 3 is 2.60 bits per heavy atom. The van der Waals surface area contributed by atoms with E-state index in [2.05, 4.69) is 10.3 Å². The number of aromatic nitrogens is 1. The van der Waals surface area contributed by atoms with Gasteiger partial charge in [0.1, 0.15) is 0 Å². The summed E-state index contributed by atoms with van der Waals surface area (Å²) < 4.78 is 10.5. The summed E-state index contributed by atoms with van der Waals surface area (Å²) in [6.07, 6.45) is 1.64. The van der Waals surface area contributed by atoms with Gasteiger partial charge in [-0.05, 0) is 23.8 Å². The Bertz CT molecular complexity index is 606. The van der Waals surface area contributed by atoms with Crippen LogP contribution in [0.25, 0.3) is 0 Å². The van der Waals surface area contributed by atoms with Crippen molar-refractivity contribution >= 4 is 28.9 Å². The molecule has 0 aliphatic rings. The molecular weight excluding hydrogens is 299 g/mol. The molecule has 0 atom stereocenters. The predicted molar refractivity (Wildman–Crippen MR) is 81.1 cm³/mol. The first-order valence-corrected chi connectivity index (χ1v) is 6.66. The van der Waals surface area contributed by atoms with Crippen LogP contribution in [0.4, 0.5) is 5.69 Å². The third-order valence-corrected chi connectivity index (χ3v) is 3.51. The largest absolute Gasteiger partial charge is 0.493 e. The number of anilines is 1. The van der Waals surface area contributed by atoms with Crippen LogP contribution in [0.2, 0.25) is 10.2 Å². The Kier molecular flexibility index (Phi) is 4.93. The van der Waals surface area contributed by atoms with E-state index < -0.39 is 0 Å². The lowest BCUT2D eigenvalue weighted by atomic mass is 10.2. The van der Waals surface area contributed by atoms with Crippen LogP contribution in [-0.2, 0) is 6.54 Å². The summed E-state index contributed by atoms with van der Waals surface area (Å²) in [6.45, 7) is 0.505. The van der Waals surface area contributed by atoms with E-state index in [0.717, 1.165) is 11.3 Å². The van der Waals surface area contributed by atoms with E-state index in [4.69, 9.17) is 32.7 Å². The van der Waals surface area contributed by atoms with E-state index in [1.807, 2.05) is 24.3 Å². The lowest BCUT2D eigenvalue weighted by molar-refractivity contribution is 0.355.